The first kappa shape index (κ1) is 48.3. The Balaban J connectivity index is 0.000000755. The number of hydrogen-bond donors (Lipinski definition) is 0. The highest BCUT2D eigenvalue weighted by molar-refractivity contribution is 6.03. The smallest absolute Gasteiger partial charge is 0.339 e. The number of carbonyl (C=O) groups excluding carboxylic acids is 4. The van der Waals surface area contributed by atoms with Gasteiger partial charge in [-0.15, -0.1) is 0 Å². The molecular weight excluding hydrogens is 680 g/mol. The van der Waals surface area contributed by atoms with Crippen LogP contribution in [0.3, 0.4) is 0 Å². The second-order valence-corrected chi connectivity index (χ2v) is 13.9. The summed E-state index contributed by atoms with van der Waals surface area (Å²) >= 11 is 0. The van der Waals surface area contributed by atoms with Crippen molar-refractivity contribution in [2.75, 3.05) is 26.4 Å². The van der Waals surface area contributed by atoms with E-state index in [1.165, 1.54) is 116 Å². The highest BCUT2D eigenvalue weighted by atomic mass is 16.5. The Kier molecular flexibility index (Phi) is 30.3. The van der Waals surface area contributed by atoms with Gasteiger partial charge in [0.05, 0.1) is 48.7 Å². The van der Waals surface area contributed by atoms with E-state index in [9.17, 15) is 19.2 Å². The third kappa shape index (κ3) is 23.2. The van der Waals surface area contributed by atoms with Crippen molar-refractivity contribution in [3.05, 3.63) is 70.8 Å². The third-order valence-electron chi connectivity index (χ3n) is 9.25. The Morgan fingerprint density at radius 2 is 0.556 bits per heavy atom. The Morgan fingerprint density at radius 1 is 0.333 bits per heavy atom. The predicted octanol–water partition coefficient (Wildman–Crippen LogP) is 12.7. The molecule has 2 aromatic carbocycles. The lowest BCUT2D eigenvalue weighted by Gasteiger charge is -2.10. The van der Waals surface area contributed by atoms with E-state index in [1.54, 1.807) is 62.4 Å². The van der Waals surface area contributed by atoms with Crippen LogP contribution >= 0.6 is 0 Å². The van der Waals surface area contributed by atoms with Crippen LogP contribution in [-0.4, -0.2) is 50.3 Å². The zero-order valence-corrected chi connectivity index (χ0v) is 34.3. The minimum atomic E-state index is -0.508. The molecule has 0 saturated carbocycles. The Labute approximate surface area is 327 Å². The average Bonchev–Trinajstić information content (AvgIpc) is 3.19. The molecule has 304 valence electrons. The van der Waals surface area contributed by atoms with E-state index in [4.69, 9.17) is 18.9 Å². The van der Waals surface area contributed by atoms with E-state index in [1.807, 2.05) is 0 Å². The average molecular weight is 753 g/mol. The van der Waals surface area contributed by atoms with E-state index in [2.05, 4.69) is 13.8 Å². The molecule has 54 heavy (non-hydrogen) atoms. The lowest BCUT2D eigenvalue weighted by Crippen LogP contribution is -2.15. The van der Waals surface area contributed by atoms with Gasteiger partial charge in [-0.3, -0.25) is 0 Å². The number of benzene rings is 2. The predicted molar refractivity (Wildman–Crippen MR) is 218 cm³/mol. The minimum Gasteiger partial charge on any atom is -0.462 e. The van der Waals surface area contributed by atoms with Crippen LogP contribution in [0.1, 0.15) is 210 Å². The second-order valence-electron chi connectivity index (χ2n) is 13.9. The van der Waals surface area contributed by atoms with Gasteiger partial charge < -0.3 is 18.9 Å². The molecule has 0 heterocycles. The van der Waals surface area contributed by atoms with E-state index in [0.717, 1.165) is 25.7 Å². The van der Waals surface area contributed by atoms with Crippen LogP contribution < -0.4 is 0 Å². The van der Waals surface area contributed by atoms with E-state index >= 15 is 0 Å². The summed E-state index contributed by atoms with van der Waals surface area (Å²) in [7, 11) is 0. The molecule has 0 amide bonds. The van der Waals surface area contributed by atoms with Gasteiger partial charge in [0.1, 0.15) is 0 Å². The Morgan fingerprint density at radius 3 is 0.796 bits per heavy atom. The number of carbonyl (C=O) groups is 4. The summed E-state index contributed by atoms with van der Waals surface area (Å²) in [5.41, 5.74) is 1.09. The number of hydrogen-bond acceptors (Lipinski definition) is 8. The normalized spacial score (nSPS) is 10.6. The Bertz CT molecular complexity index is 1180. The maximum Gasteiger partial charge on any atom is 0.339 e. The largest absolute Gasteiger partial charge is 0.462 e. The molecule has 0 bridgehead atoms. The van der Waals surface area contributed by atoms with Crippen molar-refractivity contribution >= 4 is 23.9 Å². The van der Waals surface area contributed by atoms with Crippen LogP contribution in [0.15, 0.2) is 48.5 Å². The topological polar surface area (TPSA) is 105 Å². The van der Waals surface area contributed by atoms with Crippen molar-refractivity contribution in [2.45, 2.75) is 169 Å². The van der Waals surface area contributed by atoms with Crippen molar-refractivity contribution < 1.29 is 38.1 Å². The molecule has 0 radical (unpaired) electrons. The molecule has 2 aromatic rings. The fourth-order valence-corrected chi connectivity index (χ4v) is 6.11. The first-order chi connectivity index (χ1) is 26.4. The molecule has 0 N–H and O–H groups in total. The van der Waals surface area contributed by atoms with Gasteiger partial charge in [0.2, 0.25) is 0 Å². The van der Waals surface area contributed by atoms with Gasteiger partial charge in [-0.1, -0.05) is 167 Å². The highest BCUT2D eigenvalue weighted by Crippen LogP contribution is 2.16. The summed E-state index contributed by atoms with van der Waals surface area (Å²) in [5.74, 6) is -1.88. The molecule has 0 saturated heterocycles. The molecule has 0 atom stereocenters. The second kappa shape index (κ2) is 33.9. The van der Waals surface area contributed by atoms with Crippen LogP contribution in [0.4, 0.5) is 0 Å². The van der Waals surface area contributed by atoms with Crippen molar-refractivity contribution in [1.82, 2.24) is 0 Å². The van der Waals surface area contributed by atoms with Gasteiger partial charge in [-0.2, -0.15) is 0 Å². The van der Waals surface area contributed by atoms with E-state index in [-0.39, 0.29) is 24.3 Å². The molecule has 0 aliphatic carbocycles. The number of ether oxygens (including phenoxy) is 4. The van der Waals surface area contributed by atoms with Crippen molar-refractivity contribution in [1.29, 1.82) is 0 Å². The summed E-state index contributed by atoms with van der Waals surface area (Å²) in [6.07, 6.45) is 27.6. The zero-order valence-electron chi connectivity index (χ0n) is 34.3. The Hall–Kier alpha value is -3.68. The fraction of sp³-hybridized carbons (Fsp3) is 0.652. The monoisotopic (exact) mass is 753 g/mol. The molecule has 0 aliphatic rings. The van der Waals surface area contributed by atoms with Gasteiger partial charge in [0.25, 0.3) is 0 Å². The SMILES string of the molecule is CCCCCCCCCCCCCOC(=O)c1ccccc1C(=O)OCCCCCCCCCCCCC.CCOC(=O)c1ccccc1C(=O)OCC. The highest BCUT2D eigenvalue weighted by Gasteiger charge is 2.19. The maximum absolute atomic E-state index is 12.6. The van der Waals surface area contributed by atoms with Crippen LogP contribution in [0.2, 0.25) is 0 Å². The molecular formula is C46H72O8. The standard InChI is InChI=1S/C34H58O4.C12H14O4/c1-3-5-7-9-11-13-15-17-19-21-25-29-37-33(35)31-27-23-24-28-32(31)34(36)38-30-26-22-20-18-16-14-12-10-8-6-4-2;1-3-15-11(13)9-7-5-6-8-10(9)12(14)16-4-2/h23-24,27-28H,3-22,25-26,29-30H2,1-2H3;5-8H,3-4H2,1-2H3. The molecule has 8 heteroatoms. The fourth-order valence-electron chi connectivity index (χ4n) is 6.11. The number of unbranched alkanes of at least 4 members (excludes halogenated alkanes) is 20. The summed E-state index contributed by atoms with van der Waals surface area (Å²) in [6.45, 7) is 9.29. The van der Waals surface area contributed by atoms with Gasteiger partial charge in [0.15, 0.2) is 0 Å². The number of rotatable bonds is 30. The molecule has 0 unspecified atom stereocenters. The van der Waals surface area contributed by atoms with Crippen LogP contribution in [0.25, 0.3) is 0 Å². The molecule has 0 fully saturated rings. The van der Waals surface area contributed by atoms with Gasteiger partial charge in [-0.05, 0) is 51.0 Å². The van der Waals surface area contributed by atoms with E-state index < -0.39 is 23.9 Å². The van der Waals surface area contributed by atoms with Crippen LogP contribution in [-0.2, 0) is 18.9 Å². The molecule has 0 aliphatic heterocycles. The third-order valence-corrected chi connectivity index (χ3v) is 9.25. The lowest BCUT2D eigenvalue weighted by molar-refractivity contribution is 0.0450. The first-order valence-electron chi connectivity index (χ1n) is 21.3. The summed E-state index contributed by atoms with van der Waals surface area (Å²) < 4.78 is 20.6. The first-order valence-corrected chi connectivity index (χ1v) is 21.3. The lowest BCUT2D eigenvalue weighted by atomic mass is 10.1. The minimum absolute atomic E-state index is 0.239. The molecule has 8 nitrogen and oxygen atoms in total. The molecule has 0 aromatic heterocycles. The van der Waals surface area contributed by atoms with Crippen molar-refractivity contribution in [2.24, 2.45) is 0 Å². The summed E-state index contributed by atoms with van der Waals surface area (Å²) in [5, 5.41) is 0. The quantitative estimate of drug-likeness (QED) is 0.0441. The molecule has 0 spiro atoms. The van der Waals surface area contributed by atoms with Gasteiger partial charge in [-0.25, -0.2) is 19.2 Å². The van der Waals surface area contributed by atoms with Crippen molar-refractivity contribution in [3.8, 4) is 0 Å². The van der Waals surface area contributed by atoms with Gasteiger partial charge in [0, 0.05) is 0 Å². The summed E-state index contributed by atoms with van der Waals surface area (Å²) in [4.78, 5) is 48.3. The molecule has 2 rings (SSSR count). The van der Waals surface area contributed by atoms with Crippen molar-refractivity contribution in [3.63, 3.8) is 0 Å². The van der Waals surface area contributed by atoms with Crippen LogP contribution in [0, 0.1) is 0 Å². The van der Waals surface area contributed by atoms with Crippen LogP contribution in [0.5, 0.6) is 0 Å². The summed E-state index contributed by atoms with van der Waals surface area (Å²) in [6, 6.07) is 13.3. The van der Waals surface area contributed by atoms with Gasteiger partial charge >= 0.3 is 23.9 Å². The zero-order chi connectivity index (χ0) is 39.5. The maximum atomic E-state index is 12.6. The number of esters is 4. The van der Waals surface area contributed by atoms with E-state index in [0.29, 0.717) is 24.3 Å².